The average molecular weight is 294 g/mol. The molecular formula is C18H14O4. The van der Waals surface area contributed by atoms with E-state index in [4.69, 9.17) is 9.47 Å². The highest BCUT2D eigenvalue weighted by Gasteiger charge is 2.50. The van der Waals surface area contributed by atoms with Gasteiger partial charge in [0.05, 0.1) is 5.57 Å². The number of carbonyl (C=O) groups is 2. The third-order valence-corrected chi connectivity index (χ3v) is 3.47. The van der Waals surface area contributed by atoms with E-state index >= 15 is 0 Å². The van der Waals surface area contributed by atoms with Crippen molar-refractivity contribution >= 4 is 17.5 Å². The van der Waals surface area contributed by atoms with Crippen LogP contribution in [0, 0.1) is 0 Å². The maximum absolute atomic E-state index is 11.7. The van der Waals surface area contributed by atoms with Crippen LogP contribution >= 0.6 is 0 Å². The predicted molar refractivity (Wildman–Crippen MR) is 80.4 cm³/mol. The molecule has 0 saturated heterocycles. The zero-order valence-electron chi connectivity index (χ0n) is 12.3. The van der Waals surface area contributed by atoms with Gasteiger partial charge >= 0.3 is 17.7 Å². The van der Waals surface area contributed by atoms with Gasteiger partial charge in [0.15, 0.2) is 0 Å². The van der Waals surface area contributed by atoms with Crippen LogP contribution in [0.2, 0.25) is 0 Å². The summed E-state index contributed by atoms with van der Waals surface area (Å²) in [4.78, 5) is 23.3. The van der Waals surface area contributed by atoms with E-state index in [1.807, 2.05) is 30.4 Å². The highest BCUT2D eigenvalue weighted by molar-refractivity contribution is 5.89. The Labute approximate surface area is 128 Å². The molecule has 0 N–H and O–H groups in total. The van der Waals surface area contributed by atoms with Gasteiger partial charge in [0.1, 0.15) is 0 Å². The molecule has 2 aliphatic carbocycles. The van der Waals surface area contributed by atoms with Crippen molar-refractivity contribution < 1.29 is 19.1 Å². The molecular weight excluding hydrogens is 280 g/mol. The number of esters is 2. The first-order valence-electron chi connectivity index (χ1n) is 6.87. The predicted octanol–water partition coefficient (Wildman–Crippen LogP) is 3.01. The molecule has 4 heteroatoms. The Hall–Kier alpha value is -2.84. The lowest BCUT2D eigenvalue weighted by molar-refractivity contribution is -0.215. The molecule has 0 saturated carbocycles. The minimum atomic E-state index is -1.56. The van der Waals surface area contributed by atoms with E-state index in [1.165, 1.54) is 13.8 Å². The Kier molecular flexibility index (Phi) is 3.32. The smallest absolute Gasteiger partial charge is 0.312 e. The molecule has 22 heavy (non-hydrogen) atoms. The zero-order chi connectivity index (χ0) is 15.7. The molecule has 110 valence electrons. The first kappa shape index (κ1) is 14.1. The Morgan fingerprint density at radius 1 is 1.09 bits per heavy atom. The number of fused-ring (bicyclic) bond motifs is 2. The fraction of sp³-hybridized carbons (Fsp3) is 0.167. The molecule has 0 bridgehead atoms. The standard InChI is InChI=1S/C18H14O4/c1-12(19)21-18(22-13(2)20)16-10-5-3-4-8-14(16)15-9-6-7-11-17(15)18/h3-4,6-11H,1-2H3. The van der Waals surface area contributed by atoms with E-state index in [0.717, 1.165) is 11.1 Å². The van der Waals surface area contributed by atoms with Gasteiger partial charge in [-0.05, 0) is 23.3 Å². The zero-order valence-corrected chi connectivity index (χ0v) is 12.3. The molecule has 0 amide bonds. The molecule has 0 aromatic heterocycles. The van der Waals surface area contributed by atoms with Crippen LogP contribution in [0.15, 0.2) is 59.9 Å². The second-order valence-corrected chi connectivity index (χ2v) is 5.01. The van der Waals surface area contributed by atoms with E-state index in [9.17, 15) is 9.59 Å². The van der Waals surface area contributed by atoms with Crippen molar-refractivity contribution in [1.29, 1.82) is 0 Å². The van der Waals surface area contributed by atoms with Crippen LogP contribution in [0.4, 0.5) is 0 Å². The summed E-state index contributed by atoms with van der Waals surface area (Å²) in [6.45, 7) is 2.58. The van der Waals surface area contributed by atoms with Crippen LogP contribution in [0.25, 0.3) is 5.57 Å². The highest BCUT2D eigenvalue weighted by atomic mass is 16.7. The van der Waals surface area contributed by atoms with Crippen LogP contribution in [0.3, 0.4) is 0 Å². The monoisotopic (exact) mass is 294 g/mol. The topological polar surface area (TPSA) is 52.6 Å². The normalized spacial score (nSPS) is 16.8. The second kappa shape index (κ2) is 5.17. The fourth-order valence-corrected chi connectivity index (χ4v) is 2.80. The van der Waals surface area contributed by atoms with E-state index in [0.29, 0.717) is 11.1 Å². The summed E-state index contributed by atoms with van der Waals surface area (Å²) >= 11 is 0. The lowest BCUT2D eigenvalue weighted by atomic mass is 10.0. The molecule has 0 atom stereocenters. The van der Waals surface area contributed by atoms with E-state index < -0.39 is 17.7 Å². The quantitative estimate of drug-likeness (QED) is 0.478. The molecule has 0 spiro atoms. The number of allylic oxidation sites excluding steroid dienone is 3. The summed E-state index contributed by atoms with van der Waals surface area (Å²) < 4.78 is 11.0. The van der Waals surface area contributed by atoms with Crippen LogP contribution in [-0.2, 0) is 24.8 Å². The van der Waals surface area contributed by atoms with Crippen molar-refractivity contribution in [2.45, 2.75) is 19.6 Å². The lowest BCUT2D eigenvalue weighted by Gasteiger charge is -2.30. The van der Waals surface area contributed by atoms with Crippen molar-refractivity contribution in [2.75, 3.05) is 0 Å². The first-order valence-corrected chi connectivity index (χ1v) is 6.87. The van der Waals surface area contributed by atoms with Gasteiger partial charge < -0.3 is 9.47 Å². The number of benzene rings is 1. The summed E-state index contributed by atoms with van der Waals surface area (Å²) in [7, 11) is 0. The van der Waals surface area contributed by atoms with Crippen LogP contribution < -0.4 is 0 Å². The van der Waals surface area contributed by atoms with Crippen molar-refractivity contribution in [1.82, 2.24) is 0 Å². The molecule has 3 rings (SSSR count). The largest absolute Gasteiger partial charge is 0.414 e. The van der Waals surface area contributed by atoms with E-state index in [-0.39, 0.29) is 0 Å². The van der Waals surface area contributed by atoms with E-state index in [2.05, 4.69) is 5.73 Å². The summed E-state index contributed by atoms with van der Waals surface area (Å²) in [5.74, 6) is -2.62. The lowest BCUT2D eigenvalue weighted by Crippen LogP contribution is -2.36. The second-order valence-electron chi connectivity index (χ2n) is 5.01. The summed E-state index contributed by atoms with van der Waals surface area (Å²) in [5, 5.41) is 0. The number of carbonyl (C=O) groups excluding carboxylic acids is 2. The van der Waals surface area contributed by atoms with Gasteiger partial charge in [-0.3, -0.25) is 9.59 Å². The van der Waals surface area contributed by atoms with Crippen LogP contribution in [-0.4, -0.2) is 11.9 Å². The summed E-state index contributed by atoms with van der Waals surface area (Å²) in [6.07, 6.45) is 7.15. The number of ether oxygens (including phenoxy) is 2. The number of rotatable bonds is 2. The molecule has 1 aromatic carbocycles. The van der Waals surface area contributed by atoms with Crippen molar-refractivity contribution in [3.05, 3.63) is 71.0 Å². The molecule has 0 aliphatic heterocycles. The molecule has 4 nitrogen and oxygen atoms in total. The van der Waals surface area contributed by atoms with Crippen LogP contribution in [0.5, 0.6) is 0 Å². The first-order chi connectivity index (χ1) is 10.5. The SMILES string of the molecule is CC(=O)OC1(OC(C)=O)C2=C(C=CC=C=C2)c2ccccc21. The molecule has 0 heterocycles. The summed E-state index contributed by atoms with van der Waals surface area (Å²) in [6, 6.07) is 7.40. The minimum Gasteiger partial charge on any atom is -0.414 e. The van der Waals surface area contributed by atoms with Crippen LogP contribution in [0.1, 0.15) is 25.0 Å². The van der Waals surface area contributed by atoms with Gasteiger partial charge in [-0.25, -0.2) is 0 Å². The Bertz CT molecular complexity index is 773. The average Bonchev–Trinajstić information content (AvgIpc) is 2.63. The maximum Gasteiger partial charge on any atom is 0.312 e. The van der Waals surface area contributed by atoms with Gasteiger partial charge in [0.2, 0.25) is 0 Å². The van der Waals surface area contributed by atoms with Gasteiger partial charge in [0, 0.05) is 19.4 Å². The molecule has 2 aliphatic rings. The van der Waals surface area contributed by atoms with Gasteiger partial charge in [-0.1, -0.05) is 36.4 Å². The minimum absolute atomic E-state index is 0.532. The highest BCUT2D eigenvalue weighted by Crippen LogP contribution is 2.49. The Balaban J connectivity index is 2.32. The Morgan fingerprint density at radius 2 is 1.77 bits per heavy atom. The van der Waals surface area contributed by atoms with Gasteiger partial charge in [-0.15, -0.1) is 5.73 Å². The van der Waals surface area contributed by atoms with Gasteiger partial charge in [0.25, 0.3) is 0 Å². The third-order valence-electron chi connectivity index (χ3n) is 3.47. The summed E-state index contributed by atoms with van der Waals surface area (Å²) in [5.41, 5.74) is 5.91. The molecule has 0 fully saturated rings. The van der Waals surface area contributed by atoms with E-state index in [1.54, 1.807) is 18.2 Å². The Morgan fingerprint density at radius 3 is 2.45 bits per heavy atom. The van der Waals surface area contributed by atoms with Crippen molar-refractivity contribution in [2.24, 2.45) is 0 Å². The third kappa shape index (κ3) is 2.10. The number of hydrogen-bond acceptors (Lipinski definition) is 4. The van der Waals surface area contributed by atoms with Gasteiger partial charge in [-0.2, -0.15) is 0 Å². The van der Waals surface area contributed by atoms with Crippen molar-refractivity contribution in [3.63, 3.8) is 0 Å². The molecule has 0 unspecified atom stereocenters. The molecule has 0 radical (unpaired) electrons. The van der Waals surface area contributed by atoms with Crippen molar-refractivity contribution in [3.8, 4) is 0 Å². The fourth-order valence-electron chi connectivity index (χ4n) is 2.80. The maximum atomic E-state index is 11.7. The molecule has 1 aromatic rings. The number of hydrogen-bond donors (Lipinski definition) is 0.